The Morgan fingerprint density at radius 1 is 1.35 bits per heavy atom. The number of nitrogens with two attached hydrogens (primary N) is 1. The fraction of sp³-hybridized carbons (Fsp3) is 0.562. The number of benzene rings is 1. The van der Waals surface area contributed by atoms with Crippen molar-refractivity contribution in [3.63, 3.8) is 0 Å². The minimum absolute atomic E-state index is 0.0355. The van der Waals surface area contributed by atoms with Crippen LogP contribution < -0.4 is 11.1 Å². The number of carbonyl (C=O) groups is 1. The summed E-state index contributed by atoms with van der Waals surface area (Å²) < 4.78 is 0. The van der Waals surface area contributed by atoms with Gasteiger partial charge in [0.05, 0.1) is 11.4 Å². The van der Waals surface area contributed by atoms with Gasteiger partial charge >= 0.3 is 0 Å². The third-order valence-corrected chi connectivity index (χ3v) is 4.11. The van der Waals surface area contributed by atoms with Crippen molar-refractivity contribution in [3.8, 4) is 0 Å². The van der Waals surface area contributed by atoms with E-state index >= 15 is 0 Å². The van der Waals surface area contributed by atoms with E-state index in [0.29, 0.717) is 23.8 Å². The number of nitrogen functional groups attached to an aromatic ring is 1. The third-order valence-electron chi connectivity index (χ3n) is 4.11. The van der Waals surface area contributed by atoms with Gasteiger partial charge in [0.15, 0.2) is 0 Å². The topological polar surface area (TPSA) is 58.4 Å². The van der Waals surface area contributed by atoms with Gasteiger partial charge in [-0.25, -0.2) is 0 Å². The van der Waals surface area contributed by atoms with Crippen molar-refractivity contribution >= 4 is 17.3 Å². The second kappa shape index (κ2) is 6.75. The molecule has 2 atom stereocenters. The Labute approximate surface area is 121 Å². The maximum absolute atomic E-state index is 12.0. The molecule has 20 heavy (non-hydrogen) atoms. The monoisotopic (exact) mass is 275 g/mol. The summed E-state index contributed by atoms with van der Waals surface area (Å²) in [6.45, 7) is 6.45. The lowest BCUT2D eigenvalue weighted by Crippen LogP contribution is -2.42. The average Bonchev–Trinajstić information content (AvgIpc) is 2.42. The summed E-state index contributed by atoms with van der Waals surface area (Å²) in [4.78, 5) is 14.4. The molecule has 1 amide bonds. The Kier molecular flexibility index (Phi) is 5.01. The first kappa shape index (κ1) is 14.9. The largest absolute Gasteiger partial charge is 0.397 e. The van der Waals surface area contributed by atoms with Crippen LogP contribution >= 0.6 is 0 Å². The van der Waals surface area contributed by atoms with Crippen LogP contribution in [-0.4, -0.2) is 29.9 Å². The van der Waals surface area contributed by atoms with Crippen molar-refractivity contribution in [2.45, 2.75) is 39.2 Å². The van der Waals surface area contributed by atoms with E-state index < -0.39 is 0 Å². The molecule has 3 N–H and O–H groups in total. The summed E-state index contributed by atoms with van der Waals surface area (Å²) >= 11 is 0. The molecule has 1 saturated heterocycles. The number of nitrogens with one attached hydrogen (secondary N) is 1. The highest BCUT2D eigenvalue weighted by molar-refractivity contribution is 5.93. The second-order valence-corrected chi connectivity index (χ2v) is 5.91. The van der Waals surface area contributed by atoms with Crippen LogP contribution in [0.4, 0.5) is 11.4 Å². The minimum Gasteiger partial charge on any atom is -0.397 e. The van der Waals surface area contributed by atoms with Gasteiger partial charge in [-0.1, -0.05) is 19.1 Å². The first-order chi connectivity index (χ1) is 9.56. The molecule has 4 heteroatoms. The number of carbonyl (C=O) groups excluding carboxylic acids is 1. The van der Waals surface area contributed by atoms with Gasteiger partial charge in [-0.3, -0.25) is 9.69 Å². The molecular weight excluding hydrogens is 250 g/mol. The van der Waals surface area contributed by atoms with E-state index in [1.54, 1.807) is 6.07 Å². The van der Waals surface area contributed by atoms with Gasteiger partial charge in [0.25, 0.3) is 0 Å². The summed E-state index contributed by atoms with van der Waals surface area (Å²) in [6.07, 6.45) is 3.05. The van der Waals surface area contributed by atoms with Crippen LogP contribution in [0.3, 0.4) is 0 Å². The third kappa shape index (κ3) is 3.97. The van der Waals surface area contributed by atoms with Gasteiger partial charge in [-0.05, 0) is 37.8 Å². The van der Waals surface area contributed by atoms with Crippen molar-refractivity contribution in [2.24, 2.45) is 5.92 Å². The average molecular weight is 275 g/mol. The van der Waals surface area contributed by atoms with Gasteiger partial charge in [0.2, 0.25) is 5.91 Å². The predicted octanol–water partition coefficient (Wildman–Crippen LogP) is 2.72. The molecule has 2 unspecified atom stereocenters. The molecule has 0 spiro atoms. The Morgan fingerprint density at radius 3 is 2.85 bits per heavy atom. The van der Waals surface area contributed by atoms with Crippen LogP contribution in [0, 0.1) is 5.92 Å². The van der Waals surface area contributed by atoms with Crippen LogP contribution in [0.25, 0.3) is 0 Å². The van der Waals surface area contributed by atoms with Crippen molar-refractivity contribution in [3.05, 3.63) is 24.3 Å². The normalized spacial score (nSPS) is 23.5. The maximum Gasteiger partial charge on any atom is 0.225 e. The summed E-state index contributed by atoms with van der Waals surface area (Å²) in [5, 5.41) is 2.89. The van der Waals surface area contributed by atoms with E-state index in [1.807, 2.05) is 18.2 Å². The number of nitrogens with zero attached hydrogens (tertiary/aromatic N) is 1. The van der Waals surface area contributed by atoms with Crippen LogP contribution in [0.2, 0.25) is 0 Å². The smallest absolute Gasteiger partial charge is 0.225 e. The van der Waals surface area contributed by atoms with Crippen molar-refractivity contribution in [2.75, 3.05) is 24.1 Å². The summed E-state index contributed by atoms with van der Waals surface area (Å²) in [5.74, 6) is 0.771. The maximum atomic E-state index is 12.0. The zero-order valence-electron chi connectivity index (χ0n) is 12.4. The molecule has 1 aliphatic heterocycles. The van der Waals surface area contributed by atoms with Crippen molar-refractivity contribution in [1.29, 1.82) is 0 Å². The fourth-order valence-corrected chi connectivity index (χ4v) is 2.76. The molecule has 1 aromatic carbocycles. The lowest BCUT2D eigenvalue weighted by Gasteiger charge is -2.36. The molecule has 1 aromatic rings. The molecule has 0 saturated carbocycles. The quantitative estimate of drug-likeness (QED) is 0.831. The molecule has 4 nitrogen and oxygen atoms in total. The molecule has 2 rings (SSSR count). The second-order valence-electron chi connectivity index (χ2n) is 5.91. The number of para-hydroxylation sites is 2. The van der Waals surface area contributed by atoms with E-state index in [2.05, 4.69) is 24.1 Å². The zero-order valence-corrected chi connectivity index (χ0v) is 12.4. The first-order valence-corrected chi connectivity index (χ1v) is 7.44. The lowest BCUT2D eigenvalue weighted by molar-refractivity contribution is -0.116. The van der Waals surface area contributed by atoms with E-state index in [0.717, 1.165) is 19.0 Å². The fourth-order valence-electron chi connectivity index (χ4n) is 2.76. The molecule has 1 heterocycles. The van der Waals surface area contributed by atoms with Crippen molar-refractivity contribution < 1.29 is 4.79 Å². The summed E-state index contributed by atoms with van der Waals surface area (Å²) in [5.41, 5.74) is 7.14. The van der Waals surface area contributed by atoms with E-state index in [9.17, 15) is 4.79 Å². The number of hydrogen-bond donors (Lipinski definition) is 2. The zero-order chi connectivity index (χ0) is 14.5. The predicted molar refractivity (Wildman–Crippen MR) is 83.5 cm³/mol. The summed E-state index contributed by atoms with van der Waals surface area (Å²) in [7, 11) is 0. The molecule has 0 radical (unpaired) electrons. The molecule has 1 fully saturated rings. The number of likely N-dealkylation sites (tertiary alicyclic amines) is 1. The van der Waals surface area contributed by atoms with E-state index in [4.69, 9.17) is 5.73 Å². The molecule has 0 aromatic heterocycles. The molecule has 1 aliphatic rings. The lowest BCUT2D eigenvalue weighted by atomic mass is 9.95. The van der Waals surface area contributed by atoms with Gasteiger partial charge in [0, 0.05) is 25.6 Å². The Hall–Kier alpha value is -1.55. The van der Waals surface area contributed by atoms with Gasteiger partial charge in [-0.15, -0.1) is 0 Å². The van der Waals surface area contributed by atoms with Crippen LogP contribution in [0.5, 0.6) is 0 Å². The van der Waals surface area contributed by atoms with E-state index in [1.165, 1.54) is 12.8 Å². The molecule has 0 aliphatic carbocycles. The minimum atomic E-state index is 0.0355. The van der Waals surface area contributed by atoms with E-state index in [-0.39, 0.29) is 5.91 Å². The van der Waals surface area contributed by atoms with Crippen LogP contribution in [-0.2, 0) is 4.79 Å². The Balaban J connectivity index is 1.82. The Bertz CT molecular complexity index is 461. The molecule has 110 valence electrons. The molecular formula is C16H25N3O. The van der Waals surface area contributed by atoms with Crippen LogP contribution in [0.1, 0.15) is 33.1 Å². The highest BCUT2D eigenvalue weighted by Gasteiger charge is 2.22. The van der Waals surface area contributed by atoms with Gasteiger partial charge in [-0.2, -0.15) is 0 Å². The number of piperidine rings is 1. The highest BCUT2D eigenvalue weighted by Crippen LogP contribution is 2.21. The highest BCUT2D eigenvalue weighted by atomic mass is 16.1. The summed E-state index contributed by atoms with van der Waals surface area (Å²) in [6, 6.07) is 7.95. The van der Waals surface area contributed by atoms with Gasteiger partial charge < -0.3 is 11.1 Å². The Morgan fingerprint density at radius 2 is 2.10 bits per heavy atom. The number of anilines is 2. The van der Waals surface area contributed by atoms with Crippen LogP contribution in [0.15, 0.2) is 24.3 Å². The SMILES string of the molecule is CC1CCC(C)N(CCC(=O)Nc2ccccc2N)C1. The van der Waals surface area contributed by atoms with Gasteiger partial charge in [0.1, 0.15) is 0 Å². The number of amides is 1. The number of rotatable bonds is 4. The number of hydrogen-bond acceptors (Lipinski definition) is 3. The first-order valence-electron chi connectivity index (χ1n) is 7.44. The van der Waals surface area contributed by atoms with Crippen molar-refractivity contribution in [1.82, 2.24) is 4.90 Å². The molecule has 0 bridgehead atoms. The standard InChI is InChI=1S/C16H25N3O/c1-12-7-8-13(2)19(11-12)10-9-16(20)18-15-6-4-3-5-14(15)17/h3-6,12-13H,7-11,17H2,1-2H3,(H,18,20).